The predicted octanol–water partition coefficient (Wildman–Crippen LogP) is 7.92. The number of amidine groups is 1. The van der Waals surface area contributed by atoms with Crippen molar-refractivity contribution in [1.82, 2.24) is 9.62 Å². The second-order valence-electron chi connectivity index (χ2n) is 11.9. The standard InChI is InChI=1S/C30H49N3O2S2/c1-21-16-18-30(3,4)20-25(21)27(28(34)35)22(2)26(17-19-32-36)37-29(31-5)33(23-12-8-6-9-13-23)24-14-10-7-11-15-24/h17,23-24,32,36H,6-16,18-20H2,1-5H3,(H,34,35)/b26-17+,27-22-,31-29?. The van der Waals surface area contributed by atoms with Gasteiger partial charge in [0.25, 0.3) is 0 Å². The minimum Gasteiger partial charge on any atom is -0.478 e. The van der Waals surface area contributed by atoms with Crippen molar-refractivity contribution in [3.05, 3.63) is 33.3 Å². The third-order valence-corrected chi connectivity index (χ3v) is 9.99. The second kappa shape index (κ2) is 14.3. The molecular weight excluding hydrogens is 498 g/mol. The molecule has 208 valence electrons. The molecule has 0 aliphatic heterocycles. The summed E-state index contributed by atoms with van der Waals surface area (Å²) in [6.07, 6.45) is 17.6. The van der Waals surface area contributed by atoms with Crippen molar-refractivity contribution in [1.29, 1.82) is 0 Å². The van der Waals surface area contributed by atoms with E-state index >= 15 is 0 Å². The molecular formula is C30H49N3O2S2. The van der Waals surface area contributed by atoms with Gasteiger partial charge in [-0.15, -0.1) is 0 Å². The molecule has 0 aromatic heterocycles. The number of carbonyl (C=O) groups is 1. The Kier molecular flexibility index (Phi) is 11.7. The minimum absolute atomic E-state index is 0.105. The van der Waals surface area contributed by atoms with Gasteiger partial charge in [0.2, 0.25) is 0 Å². The van der Waals surface area contributed by atoms with Gasteiger partial charge >= 0.3 is 5.97 Å². The summed E-state index contributed by atoms with van der Waals surface area (Å²) >= 11 is 5.89. The largest absolute Gasteiger partial charge is 0.478 e. The van der Waals surface area contributed by atoms with E-state index in [4.69, 9.17) is 4.99 Å². The van der Waals surface area contributed by atoms with Crippen LogP contribution in [0.1, 0.15) is 111 Å². The number of carboxylic acid groups (broad SMARTS) is 1. The fraction of sp³-hybridized carbons (Fsp3) is 0.733. The number of hydrogen-bond acceptors (Lipinski definition) is 5. The quantitative estimate of drug-likeness (QED) is 0.0947. The Morgan fingerprint density at radius 1 is 1.14 bits per heavy atom. The minimum atomic E-state index is -0.832. The molecule has 37 heavy (non-hydrogen) atoms. The molecule has 0 atom stereocenters. The predicted molar refractivity (Wildman–Crippen MR) is 162 cm³/mol. The van der Waals surface area contributed by atoms with E-state index in [0.29, 0.717) is 24.2 Å². The van der Waals surface area contributed by atoms with Crippen molar-refractivity contribution >= 4 is 35.7 Å². The average molecular weight is 548 g/mol. The third-order valence-electron chi connectivity index (χ3n) is 8.54. The molecule has 2 fully saturated rings. The second-order valence-corrected chi connectivity index (χ2v) is 13.3. The molecule has 0 amide bonds. The van der Waals surface area contributed by atoms with Crippen molar-refractivity contribution in [2.24, 2.45) is 10.4 Å². The molecule has 2 saturated carbocycles. The lowest BCUT2D eigenvalue weighted by atomic mass is 9.72. The summed E-state index contributed by atoms with van der Waals surface area (Å²) in [5.41, 5.74) is 3.64. The summed E-state index contributed by atoms with van der Waals surface area (Å²) in [4.78, 5) is 21.2. The Morgan fingerprint density at radius 3 is 2.19 bits per heavy atom. The molecule has 0 heterocycles. The molecule has 5 nitrogen and oxygen atoms in total. The Hall–Kier alpha value is -1.18. The van der Waals surface area contributed by atoms with Crippen molar-refractivity contribution in [3.63, 3.8) is 0 Å². The van der Waals surface area contributed by atoms with Crippen LogP contribution in [0.3, 0.4) is 0 Å². The molecule has 2 N–H and O–H groups in total. The van der Waals surface area contributed by atoms with Gasteiger partial charge in [0.15, 0.2) is 5.17 Å². The maximum absolute atomic E-state index is 12.8. The van der Waals surface area contributed by atoms with Crippen LogP contribution < -0.4 is 4.72 Å². The number of aliphatic imine (C=N–C) groups is 1. The maximum Gasteiger partial charge on any atom is 0.336 e. The zero-order valence-corrected chi connectivity index (χ0v) is 25.4. The smallest absolute Gasteiger partial charge is 0.336 e. The molecule has 0 bridgehead atoms. The van der Waals surface area contributed by atoms with Gasteiger partial charge < -0.3 is 10.0 Å². The van der Waals surface area contributed by atoms with Crippen LogP contribution in [0.5, 0.6) is 0 Å². The van der Waals surface area contributed by atoms with Crippen molar-refractivity contribution < 1.29 is 9.90 Å². The SMILES string of the molecule is CN=C(SC(=C/CNS)/C(C)=C(\C(=O)O)C1=C(C)CCC(C)(C)C1)N(C1CCCCC1)C1CCCCC1. The van der Waals surface area contributed by atoms with E-state index < -0.39 is 5.97 Å². The highest BCUT2D eigenvalue weighted by molar-refractivity contribution is 8.17. The molecule has 0 saturated heterocycles. The van der Waals surface area contributed by atoms with Gasteiger partial charge in [-0.05, 0) is 75.4 Å². The first-order chi connectivity index (χ1) is 17.7. The van der Waals surface area contributed by atoms with E-state index in [1.807, 2.05) is 14.0 Å². The lowest BCUT2D eigenvalue weighted by Crippen LogP contribution is -2.47. The van der Waals surface area contributed by atoms with Crippen LogP contribution in [0.25, 0.3) is 0 Å². The van der Waals surface area contributed by atoms with Crippen LogP contribution in [0.2, 0.25) is 0 Å². The first-order valence-corrected chi connectivity index (χ1v) is 15.6. The number of nitrogens with one attached hydrogen (secondary N) is 1. The zero-order valence-electron chi connectivity index (χ0n) is 23.7. The average Bonchev–Trinajstić information content (AvgIpc) is 2.88. The summed E-state index contributed by atoms with van der Waals surface area (Å²) in [6, 6.07) is 1.05. The van der Waals surface area contributed by atoms with E-state index in [1.54, 1.807) is 11.8 Å². The van der Waals surface area contributed by atoms with Crippen LogP contribution in [-0.2, 0) is 4.79 Å². The molecule has 0 spiro atoms. The molecule has 7 heteroatoms. The van der Waals surface area contributed by atoms with Gasteiger partial charge in [-0.2, -0.15) is 0 Å². The van der Waals surface area contributed by atoms with E-state index in [2.05, 4.69) is 49.3 Å². The Labute approximate surface area is 235 Å². The Morgan fingerprint density at radius 2 is 1.70 bits per heavy atom. The molecule has 3 aliphatic carbocycles. The summed E-state index contributed by atoms with van der Waals surface area (Å²) in [7, 11) is 1.91. The van der Waals surface area contributed by atoms with Gasteiger partial charge in [0, 0.05) is 30.6 Å². The highest BCUT2D eigenvalue weighted by Crippen LogP contribution is 2.44. The third kappa shape index (κ3) is 8.15. The number of nitrogens with zero attached hydrogens (tertiary/aromatic N) is 2. The van der Waals surface area contributed by atoms with E-state index in [9.17, 15) is 9.90 Å². The summed E-state index contributed by atoms with van der Waals surface area (Å²) in [5.74, 6) is -0.832. The summed E-state index contributed by atoms with van der Waals surface area (Å²) in [5, 5.41) is 11.5. The van der Waals surface area contributed by atoms with Crippen molar-refractivity contribution in [3.8, 4) is 0 Å². The van der Waals surface area contributed by atoms with Crippen LogP contribution in [-0.4, -0.2) is 46.8 Å². The Bertz CT molecular complexity index is 905. The van der Waals surface area contributed by atoms with Crippen LogP contribution in [0, 0.1) is 5.41 Å². The number of rotatable bonds is 8. The fourth-order valence-electron chi connectivity index (χ4n) is 6.39. The van der Waals surface area contributed by atoms with E-state index in [-0.39, 0.29) is 5.41 Å². The number of thioether (sulfide) groups is 1. The number of allylic oxidation sites excluding steroid dienone is 2. The number of carboxylic acids is 1. The van der Waals surface area contributed by atoms with Crippen LogP contribution in [0.4, 0.5) is 0 Å². The Balaban J connectivity index is 2.02. The van der Waals surface area contributed by atoms with Crippen molar-refractivity contribution in [2.45, 2.75) is 123 Å². The van der Waals surface area contributed by atoms with Gasteiger partial charge in [0.05, 0.1) is 5.57 Å². The summed E-state index contributed by atoms with van der Waals surface area (Å²) in [6.45, 7) is 9.15. The van der Waals surface area contributed by atoms with Gasteiger partial charge in [-0.1, -0.05) is 88.6 Å². The number of hydrogen-bond donors (Lipinski definition) is 3. The lowest BCUT2D eigenvalue weighted by Gasteiger charge is -2.43. The summed E-state index contributed by atoms with van der Waals surface area (Å²) < 4.78 is 2.94. The molecule has 0 unspecified atom stereocenters. The number of aliphatic carboxylic acids is 1. The monoisotopic (exact) mass is 547 g/mol. The molecule has 3 aliphatic rings. The van der Waals surface area contributed by atoms with Crippen LogP contribution in [0.15, 0.2) is 38.3 Å². The molecule has 0 radical (unpaired) electrons. The van der Waals surface area contributed by atoms with E-state index in [1.165, 1.54) is 69.8 Å². The zero-order chi connectivity index (χ0) is 27.0. The van der Waals surface area contributed by atoms with Gasteiger partial charge in [0.1, 0.15) is 0 Å². The lowest BCUT2D eigenvalue weighted by molar-refractivity contribution is -0.132. The molecule has 0 aromatic rings. The van der Waals surface area contributed by atoms with E-state index in [0.717, 1.165) is 40.5 Å². The molecule has 0 aromatic carbocycles. The normalized spacial score (nSPS) is 23.2. The topological polar surface area (TPSA) is 64.9 Å². The maximum atomic E-state index is 12.8. The van der Waals surface area contributed by atoms with Gasteiger partial charge in [-0.3, -0.25) is 9.71 Å². The van der Waals surface area contributed by atoms with Crippen LogP contribution >= 0.6 is 24.6 Å². The first-order valence-electron chi connectivity index (χ1n) is 14.3. The highest BCUT2D eigenvalue weighted by Gasteiger charge is 2.34. The van der Waals surface area contributed by atoms with Crippen molar-refractivity contribution in [2.75, 3.05) is 13.6 Å². The first kappa shape index (κ1) is 30.4. The number of thiol groups is 1. The fourth-order valence-corrected chi connectivity index (χ4v) is 7.59. The van der Waals surface area contributed by atoms with Gasteiger partial charge in [-0.25, -0.2) is 4.79 Å². The molecule has 3 rings (SSSR count). The highest BCUT2D eigenvalue weighted by atomic mass is 32.2.